The zero-order valence-corrected chi connectivity index (χ0v) is 9.66. The lowest BCUT2D eigenvalue weighted by molar-refractivity contribution is -0.120. The number of amides is 1. The molecule has 0 aromatic heterocycles. The average Bonchev–Trinajstić information content (AvgIpc) is 2.95. The number of aliphatic hydroxyl groups is 1. The molecule has 2 aliphatic rings. The van der Waals surface area contributed by atoms with Crippen LogP contribution in [0, 0.1) is 0 Å². The second kappa shape index (κ2) is 4.69. The third kappa shape index (κ3) is 2.93. The summed E-state index contributed by atoms with van der Waals surface area (Å²) in [5, 5.41) is 16.0. The van der Waals surface area contributed by atoms with Crippen molar-refractivity contribution in [2.75, 3.05) is 19.7 Å². The van der Waals surface area contributed by atoms with Crippen molar-refractivity contribution in [2.45, 2.75) is 43.9 Å². The Bertz CT molecular complexity index is 268. The van der Waals surface area contributed by atoms with Crippen LogP contribution >= 0.6 is 0 Å². The van der Waals surface area contributed by atoms with Gasteiger partial charge in [0.25, 0.3) is 0 Å². The van der Waals surface area contributed by atoms with E-state index < -0.39 is 5.60 Å². The van der Waals surface area contributed by atoms with E-state index in [1.54, 1.807) is 0 Å². The predicted molar refractivity (Wildman–Crippen MR) is 59.0 cm³/mol. The first kappa shape index (κ1) is 11.8. The summed E-state index contributed by atoms with van der Waals surface area (Å²) in [6, 6.07) is 0.395. The fraction of sp³-hybridized carbons (Fsp3) is 0.909. The van der Waals surface area contributed by atoms with E-state index >= 15 is 0 Å². The summed E-state index contributed by atoms with van der Waals surface area (Å²) in [7, 11) is 0. The predicted octanol–water partition coefficient (Wildman–Crippen LogP) is -0.605. The van der Waals surface area contributed by atoms with E-state index in [2.05, 4.69) is 10.6 Å². The van der Waals surface area contributed by atoms with Gasteiger partial charge in [-0.25, -0.2) is 0 Å². The summed E-state index contributed by atoms with van der Waals surface area (Å²) < 4.78 is 5.31. The highest BCUT2D eigenvalue weighted by Crippen LogP contribution is 2.24. The molecule has 16 heavy (non-hydrogen) atoms. The SMILES string of the molecule is CC1OCCC1(O)CNCC(=O)NC1CC1. The highest BCUT2D eigenvalue weighted by molar-refractivity contribution is 5.78. The van der Waals surface area contributed by atoms with Gasteiger partial charge in [-0.15, -0.1) is 0 Å². The highest BCUT2D eigenvalue weighted by atomic mass is 16.5. The Morgan fingerprint density at radius 1 is 1.56 bits per heavy atom. The van der Waals surface area contributed by atoms with Gasteiger partial charge in [0, 0.05) is 25.6 Å². The Balaban J connectivity index is 1.64. The maximum Gasteiger partial charge on any atom is 0.234 e. The van der Waals surface area contributed by atoms with E-state index in [1.165, 1.54) is 0 Å². The molecule has 92 valence electrons. The van der Waals surface area contributed by atoms with Crippen molar-refractivity contribution in [3.63, 3.8) is 0 Å². The number of ether oxygens (including phenoxy) is 1. The number of nitrogens with one attached hydrogen (secondary N) is 2. The van der Waals surface area contributed by atoms with Crippen molar-refractivity contribution in [1.29, 1.82) is 0 Å². The van der Waals surface area contributed by atoms with Crippen molar-refractivity contribution in [2.24, 2.45) is 0 Å². The number of carbonyl (C=O) groups excluding carboxylic acids is 1. The molecule has 5 nitrogen and oxygen atoms in total. The van der Waals surface area contributed by atoms with Crippen molar-refractivity contribution >= 4 is 5.91 Å². The minimum absolute atomic E-state index is 0.0117. The second-order valence-corrected chi connectivity index (χ2v) is 4.81. The summed E-state index contributed by atoms with van der Waals surface area (Å²) in [6.07, 6.45) is 2.67. The van der Waals surface area contributed by atoms with Gasteiger partial charge in [-0.2, -0.15) is 0 Å². The topological polar surface area (TPSA) is 70.6 Å². The summed E-state index contributed by atoms with van der Waals surface area (Å²) in [4.78, 5) is 11.4. The standard InChI is InChI=1S/C11H20N2O3/c1-8-11(15,4-5-16-8)7-12-6-10(14)13-9-2-3-9/h8-9,12,15H,2-7H2,1H3,(H,13,14). The molecule has 1 amide bonds. The molecule has 1 aliphatic heterocycles. The van der Waals surface area contributed by atoms with Gasteiger partial charge in [-0.05, 0) is 19.8 Å². The van der Waals surface area contributed by atoms with Gasteiger partial charge in [0.2, 0.25) is 5.91 Å². The Kier molecular flexibility index (Phi) is 3.47. The van der Waals surface area contributed by atoms with Crippen LogP contribution in [0.3, 0.4) is 0 Å². The maximum atomic E-state index is 11.4. The smallest absolute Gasteiger partial charge is 0.234 e. The lowest BCUT2D eigenvalue weighted by Crippen LogP contribution is -2.48. The molecule has 3 N–H and O–H groups in total. The Labute approximate surface area is 95.5 Å². The van der Waals surface area contributed by atoms with Crippen LogP contribution in [-0.4, -0.2) is 48.5 Å². The molecule has 1 saturated carbocycles. The van der Waals surface area contributed by atoms with E-state index in [4.69, 9.17) is 4.74 Å². The molecule has 0 aromatic rings. The Morgan fingerprint density at radius 3 is 2.88 bits per heavy atom. The fourth-order valence-corrected chi connectivity index (χ4v) is 1.90. The molecule has 1 heterocycles. The second-order valence-electron chi connectivity index (χ2n) is 4.81. The van der Waals surface area contributed by atoms with Gasteiger partial charge >= 0.3 is 0 Å². The lowest BCUT2D eigenvalue weighted by atomic mass is 9.97. The van der Waals surface area contributed by atoms with Gasteiger partial charge in [-0.1, -0.05) is 0 Å². The van der Waals surface area contributed by atoms with Gasteiger partial charge in [0.1, 0.15) is 5.60 Å². The molecule has 1 saturated heterocycles. The molecule has 0 radical (unpaired) electrons. The first-order valence-corrected chi connectivity index (χ1v) is 5.94. The third-order valence-corrected chi connectivity index (χ3v) is 3.32. The number of carbonyl (C=O) groups is 1. The molecule has 2 rings (SSSR count). The van der Waals surface area contributed by atoms with Crippen LogP contribution in [-0.2, 0) is 9.53 Å². The first-order valence-electron chi connectivity index (χ1n) is 5.94. The van der Waals surface area contributed by atoms with Gasteiger partial charge in [0.05, 0.1) is 12.6 Å². The maximum absolute atomic E-state index is 11.4. The third-order valence-electron chi connectivity index (χ3n) is 3.32. The van der Waals surface area contributed by atoms with Crippen LogP contribution < -0.4 is 10.6 Å². The molecule has 2 fully saturated rings. The normalized spacial score (nSPS) is 34.0. The average molecular weight is 228 g/mol. The van der Waals surface area contributed by atoms with Gasteiger partial charge < -0.3 is 20.5 Å². The molecule has 2 atom stereocenters. The monoisotopic (exact) mass is 228 g/mol. The quantitative estimate of drug-likeness (QED) is 0.587. The number of hydrogen-bond donors (Lipinski definition) is 3. The number of rotatable bonds is 5. The number of hydrogen-bond acceptors (Lipinski definition) is 4. The van der Waals surface area contributed by atoms with E-state index in [1.807, 2.05) is 6.92 Å². The summed E-state index contributed by atoms with van der Waals surface area (Å²) in [6.45, 7) is 3.13. The largest absolute Gasteiger partial charge is 0.386 e. The van der Waals surface area contributed by atoms with Crippen LogP contribution in [0.5, 0.6) is 0 Å². The molecule has 1 aliphatic carbocycles. The van der Waals surface area contributed by atoms with Crippen LogP contribution in [0.4, 0.5) is 0 Å². The molecular formula is C11H20N2O3. The minimum atomic E-state index is -0.820. The van der Waals surface area contributed by atoms with Crippen LogP contribution in [0.2, 0.25) is 0 Å². The molecule has 0 bridgehead atoms. The van der Waals surface area contributed by atoms with Gasteiger partial charge in [0.15, 0.2) is 0 Å². The molecule has 2 unspecified atom stereocenters. The summed E-state index contributed by atoms with van der Waals surface area (Å²) >= 11 is 0. The Morgan fingerprint density at radius 2 is 2.31 bits per heavy atom. The van der Waals surface area contributed by atoms with Crippen molar-refractivity contribution in [3.05, 3.63) is 0 Å². The minimum Gasteiger partial charge on any atom is -0.386 e. The van der Waals surface area contributed by atoms with Crippen LogP contribution in [0.1, 0.15) is 26.2 Å². The Hall–Kier alpha value is -0.650. The lowest BCUT2D eigenvalue weighted by Gasteiger charge is -2.26. The summed E-state index contributed by atoms with van der Waals surface area (Å²) in [5.74, 6) is 0.0117. The van der Waals surface area contributed by atoms with E-state index in [9.17, 15) is 9.90 Å². The summed E-state index contributed by atoms with van der Waals surface area (Å²) in [5.41, 5.74) is -0.820. The molecule has 5 heteroatoms. The first-order chi connectivity index (χ1) is 7.60. The zero-order chi connectivity index (χ0) is 11.6. The molecular weight excluding hydrogens is 208 g/mol. The van der Waals surface area contributed by atoms with Crippen molar-refractivity contribution in [3.8, 4) is 0 Å². The van der Waals surface area contributed by atoms with Crippen LogP contribution in [0.25, 0.3) is 0 Å². The van der Waals surface area contributed by atoms with E-state index in [0.29, 0.717) is 25.6 Å². The molecule has 0 spiro atoms. The fourth-order valence-electron chi connectivity index (χ4n) is 1.90. The van der Waals surface area contributed by atoms with Crippen molar-refractivity contribution < 1.29 is 14.6 Å². The molecule has 0 aromatic carbocycles. The highest BCUT2D eigenvalue weighted by Gasteiger charge is 2.39. The van der Waals surface area contributed by atoms with E-state index in [0.717, 1.165) is 12.8 Å². The zero-order valence-electron chi connectivity index (χ0n) is 9.66. The van der Waals surface area contributed by atoms with Crippen LogP contribution in [0.15, 0.2) is 0 Å². The van der Waals surface area contributed by atoms with E-state index in [-0.39, 0.29) is 18.6 Å². The van der Waals surface area contributed by atoms with Gasteiger partial charge in [-0.3, -0.25) is 4.79 Å². The van der Waals surface area contributed by atoms with Crippen molar-refractivity contribution in [1.82, 2.24) is 10.6 Å².